The summed E-state index contributed by atoms with van der Waals surface area (Å²) < 4.78 is 0. The van der Waals surface area contributed by atoms with Crippen LogP contribution in [0.3, 0.4) is 0 Å². The van der Waals surface area contributed by atoms with Gasteiger partial charge in [0.15, 0.2) is 5.82 Å². The van der Waals surface area contributed by atoms with Crippen LogP contribution in [0.15, 0.2) is 24.3 Å². The van der Waals surface area contributed by atoms with Crippen LogP contribution >= 0.6 is 0 Å². The summed E-state index contributed by atoms with van der Waals surface area (Å²) >= 11 is 0. The van der Waals surface area contributed by atoms with Crippen molar-refractivity contribution in [3.8, 4) is 11.1 Å². The van der Waals surface area contributed by atoms with Gasteiger partial charge in [-0.05, 0) is 25.3 Å². The fraction of sp³-hybridized carbons (Fsp3) is 0.471. The van der Waals surface area contributed by atoms with Crippen LogP contribution in [0.4, 0.5) is 5.82 Å². The summed E-state index contributed by atoms with van der Waals surface area (Å²) in [5, 5.41) is 7.44. The number of nitrogens with one attached hydrogen (secondary N) is 1. The quantitative estimate of drug-likeness (QED) is 0.803. The summed E-state index contributed by atoms with van der Waals surface area (Å²) in [6, 6.07) is 8.52. The van der Waals surface area contributed by atoms with Crippen molar-refractivity contribution >= 4 is 5.82 Å². The lowest BCUT2D eigenvalue weighted by Crippen LogP contribution is -2.01. The average Bonchev–Trinajstić information content (AvgIpc) is 2.81. The van der Waals surface area contributed by atoms with Crippen molar-refractivity contribution in [2.24, 2.45) is 0 Å². The van der Waals surface area contributed by atoms with Gasteiger partial charge in [-0.15, -0.1) is 0 Å². The van der Waals surface area contributed by atoms with E-state index in [1.165, 1.54) is 36.9 Å². The minimum atomic E-state index is 0.520. The molecule has 0 spiro atoms. The second-order valence-electron chi connectivity index (χ2n) is 5.54. The first-order valence-electron chi connectivity index (χ1n) is 7.58. The fourth-order valence-electron chi connectivity index (χ4n) is 2.82. The van der Waals surface area contributed by atoms with Crippen molar-refractivity contribution in [3.05, 3.63) is 35.5 Å². The first kappa shape index (κ1) is 14.6. The second kappa shape index (κ2) is 6.60. The number of aryl methyl sites for hydroxylation is 1. The molecule has 0 atom stereocenters. The summed E-state index contributed by atoms with van der Waals surface area (Å²) in [5.41, 5.74) is 10.8. The Morgan fingerprint density at radius 2 is 1.70 bits per heavy atom. The standard InChI is InChI=1S/C17H25N3/c1-4-6-14(7-5-2)16-15(17(18)20-19-16)13-10-8-12(3)9-11-13/h8-11,14H,4-7H2,1-3H3,(H3,18,19,20). The average molecular weight is 271 g/mol. The Morgan fingerprint density at radius 3 is 2.25 bits per heavy atom. The number of nitrogen functional groups attached to an aromatic ring is 1. The largest absolute Gasteiger partial charge is 0.382 e. The van der Waals surface area contributed by atoms with Gasteiger partial charge < -0.3 is 5.73 Å². The number of nitrogens with two attached hydrogens (primary N) is 1. The van der Waals surface area contributed by atoms with Crippen LogP contribution in [0.2, 0.25) is 0 Å². The van der Waals surface area contributed by atoms with E-state index in [4.69, 9.17) is 5.73 Å². The Morgan fingerprint density at radius 1 is 1.10 bits per heavy atom. The smallest absolute Gasteiger partial charge is 0.153 e. The van der Waals surface area contributed by atoms with Gasteiger partial charge in [-0.1, -0.05) is 56.5 Å². The Bertz CT molecular complexity index is 534. The van der Waals surface area contributed by atoms with E-state index in [-0.39, 0.29) is 0 Å². The van der Waals surface area contributed by atoms with Gasteiger partial charge in [0.25, 0.3) is 0 Å². The Hall–Kier alpha value is -1.77. The van der Waals surface area contributed by atoms with Crippen molar-refractivity contribution in [2.45, 2.75) is 52.4 Å². The number of rotatable bonds is 6. The van der Waals surface area contributed by atoms with Crippen molar-refractivity contribution in [1.29, 1.82) is 0 Å². The van der Waals surface area contributed by atoms with E-state index >= 15 is 0 Å². The van der Waals surface area contributed by atoms with E-state index in [9.17, 15) is 0 Å². The van der Waals surface area contributed by atoms with Gasteiger partial charge in [0.05, 0.1) is 0 Å². The first-order chi connectivity index (χ1) is 9.67. The van der Waals surface area contributed by atoms with E-state index < -0.39 is 0 Å². The zero-order chi connectivity index (χ0) is 14.5. The SMILES string of the molecule is CCCC(CCC)c1[nH]nc(N)c1-c1ccc(C)cc1. The molecule has 0 radical (unpaired) electrons. The number of aromatic amines is 1. The molecule has 0 aliphatic carbocycles. The van der Waals surface area contributed by atoms with Crippen molar-refractivity contribution in [2.75, 3.05) is 5.73 Å². The molecule has 0 saturated heterocycles. The minimum Gasteiger partial charge on any atom is -0.382 e. The number of aromatic nitrogens is 2. The molecule has 0 aliphatic heterocycles. The summed E-state index contributed by atoms with van der Waals surface area (Å²) in [4.78, 5) is 0. The zero-order valence-corrected chi connectivity index (χ0v) is 12.7. The van der Waals surface area contributed by atoms with Crippen molar-refractivity contribution < 1.29 is 0 Å². The molecular formula is C17H25N3. The lowest BCUT2D eigenvalue weighted by molar-refractivity contribution is 0.548. The van der Waals surface area contributed by atoms with Gasteiger partial charge in [-0.2, -0.15) is 5.10 Å². The molecule has 0 amide bonds. The lowest BCUT2D eigenvalue weighted by Gasteiger charge is -2.16. The zero-order valence-electron chi connectivity index (χ0n) is 12.7. The molecule has 2 rings (SSSR count). The van der Waals surface area contributed by atoms with Gasteiger partial charge in [-0.3, -0.25) is 5.10 Å². The topological polar surface area (TPSA) is 54.7 Å². The first-order valence-corrected chi connectivity index (χ1v) is 7.58. The van der Waals surface area contributed by atoms with E-state index in [1.807, 2.05) is 0 Å². The molecule has 1 aromatic carbocycles. The van der Waals surface area contributed by atoms with Crippen LogP contribution in [0.25, 0.3) is 11.1 Å². The number of hydrogen-bond donors (Lipinski definition) is 2. The maximum absolute atomic E-state index is 6.10. The van der Waals surface area contributed by atoms with E-state index in [2.05, 4.69) is 55.2 Å². The highest BCUT2D eigenvalue weighted by molar-refractivity contribution is 5.76. The summed E-state index contributed by atoms with van der Waals surface area (Å²) in [6.45, 7) is 6.56. The van der Waals surface area contributed by atoms with Gasteiger partial charge in [0, 0.05) is 17.2 Å². The fourth-order valence-corrected chi connectivity index (χ4v) is 2.82. The third-order valence-corrected chi connectivity index (χ3v) is 3.85. The monoisotopic (exact) mass is 271 g/mol. The molecule has 0 unspecified atom stereocenters. The van der Waals surface area contributed by atoms with E-state index in [1.54, 1.807) is 0 Å². The maximum Gasteiger partial charge on any atom is 0.153 e. The van der Waals surface area contributed by atoms with Crippen LogP contribution in [-0.2, 0) is 0 Å². The molecule has 0 fully saturated rings. The molecule has 1 aromatic heterocycles. The van der Waals surface area contributed by atoms with Gasteiger partial charge in [0.1, 0.15) is 0 Å². The van der Waals surface area contributed by atoms with E-state index in [0.717, 1.165) is 11.1 Å². The molecule has 0 bridgehead atoms. The highest BCUT2D eigenvalue weighted by Gasteiger charge is 2.20. The number of H-pyrrole nitrogens is 1. The molecule has 20 heavy (non-hydrogen) atoms. The predicted molar refractivity (Wildman–Crippen MR) is 85.7 cm³/mol. The highest BCUT2D eigenvalue weighted by atomic mass is 15.2. The molecule has 108 valence electrons. The summed E-state index contributed by atoms with van der Waals surface area (Å²) in [6.07, 6.45) is 4.70. The minimum absolute atomic E-state index is 0.520. The second-order valence-corrected chi connectivity index (χ2v) is 5.54. The number of anilines is 1. The van der Waals surface area contributed by atoms with Gasteiger partial charge in [0.2, 0.25) is 0 Å². The van der Waals surface area contributed by atoms with Crippen LogP contribution in [-0.4, -0.2) is 10.2 Å². The third-order valence-electron chi connectivity index (χ3n) is 3.85. The predicted octanol–water partition coefficient (Wildman–Crippen LogP) is 4.65. The molecular weight excluding hydrogens is 246 g/mol. The van der Waals surface area contributed by atoms with Crippen LogP contribution in [0, 0.1) is 6.92 Å². The third kappa shape index (κ3) is 3.03. The molecule has 3 heteroatoms. The highest BCUT2D eigenvalue weighted by Crippen LogP contribution is 2.36. The number of nitrogens with zero attached hydrogens (tertiary/aromatic N) is 1. The number of benzene rings is 1. The molecule has 3 nitrogen and oxygen atoms in total. The summed E-state index contributed by atoms with van der Waals surface area (Å²) in [7, 11) is 0. The van der Waals surface area contributed by atoms with Crippen LogP contribution < -0.4 is 5.73 Å². The molecule has 0 aliphatic rings. The van der Waals surface area contributed by atoms with Crippen molar-refractivity contribution in [1.82, 2.24) is 10.2 Å². The molecule has 1 heterocycles. The molecule has 0 saturated carbocycles. The Kier molecular flexibility index (Phi) is 4.83. The summed E-state index contributed by atoms with van der Waals surface area (Å²) in [5.74, 6) is 1.13. The molecule has 3 N–H and O–H groups in total. The van der Waals surface area contributed by atoms with Gasteiger partial charge in [-0.25, -0.2) is 0 Å². The van der Waals surface area contributed by atoms with E-state index in [0.29, 0.717) is 11.7 Å². The van der Waals surface area contributed by atoms with Gasteiger partial charge >= 0.3 is 0 Å². The molecule has 2 aromatic rings. The number of hydrogen-bond acceptors (Lipinski definition) is 2. The van der Waals surface area contributed by atoms with Crippen molar-refractivity contribution in [3.63, 3.8) is 0 Å². The maximum atomic E-state index is 6.10. The Balaban J connectivity index is 2.42. The lowest BCUT2D eigenvalue weighted by atomic mass is 9.90. The van der Waals surface area contributed by atoms with Crippen LogP contribution in [0.1, 0.15) is 56.7 Å². The normalized spacial score (nSPS) is 11.2. The Labute approximate surface area is 121 Å². The van der Waals surface area contributed by atoms with Crippen LogP contribution in [0.5, 0.6) is 0 Å².